The molecule has 0 spiro atoms. The lowest BCUT2D eigenvalue weighted by atomic mass is 10.1. The second kappa shape index (κ2) is 8.27. The first-order valence-electron chi connectivity index (χ1n) is 8.25. The van der Waals surface area contributed by atoms with Gasteiger partial charge in [-0.3, -0.25) is 9.88 Å². The molecule has 1 fully saturated rings. The van der Waals surface area contributed by atoms with Gasteiger partial charge in [0.1, 0.15) is 0 Å². The Morgan fingerprint density at radius 3 is 2.76 bits per heavy atom. The molecule has 1 aromatic heterocycles. The molecule has 0 unspecified atom stereocenters. The van der Waals surface area contributed by atoms with Crippen LogP contribution >= 0.6 is 11.6 Å². The Morgan fingerprint density at radius 2 is 2.04 bits per heavy atom. The minimum Gasteiger partial charge on any atom is -0.335 e. The summed E-state index contributed by atoms with van der Waals surface area (Å²) in [5.41, 5.74) is 1.13. The number of aromatic nitrogens is 1. The number of urea groups is 1. The third-order valence-corrected chi connectivity index (χ3v) is 4.53. The molecule has 0 aliphatic carbocycles. The van der Waals surface area contributed by atoms with Gasteiger partial charge in [0, 0.05) is 31.9 Å². The Labute approximate surface area is 151 Å². The summed E-state index contributed by atoms with van der Waals surface area (Å²) in [6.07, 6.45) is 3.49. The van der Waals surface area contributed by atoms with Crippen LogP contribution < -0.4 is 10.6 Å². The van der Waals surface area contributed by atoms with Crippen LogP contribution in [0.3, 0.4) is 0 Å². The standard InChI is InChI=1S/C18H20ClFN4O/c19-15-5-3-6-16(17(15)20)23-18(25)22-13-7-10-24(11-8-13)12-14-4-1-2-9-21-14/h1-6,9,13H,7-8,10-12H2,(H2,22,23,25). The van der Waals surface area contributed by atoms with Crippen LogP contribution in [0.1, 0.15) is 18.5 Å². The van der Waals surface area contributed by atoms with Crippen LogP contribution in [-0.4, -0.2) is 35.0 Å². The van der Waals surface area contributed by atoms with Crippen molar-refractivity contribution in [3.05, 3.63) is 59.1 Å². The number of nitrogens with zero attached hydrogens (tertiary/aromatic N) is 2. The highest BCUT2D eigenvalue weighted by Gasteiger charge is 2.21. The van der Waals surface area contributed by atoms with Crippen LogP contribution in [0.25, 0.3) is 0 Å². The number of nitrogens with one attached hydrogen (secondary N) is 2. The number of anilines is 1. The first-order valence-corrected chi connectivity index (χ1v) is 8.63. The fraction of sp³-hybridized carbons (Fsp3) is 0.333. The number of carbonyl (C=O) groups excluding carboxylic acids is 1. The number of carbonyl (C=O) groups is 1. The van der Waals surface area contributed by atoms with Crippen molar-refractivity contribution < 1.29 is 9.18 Å². The smallest absolute Gasteiger partial charge is 0.319 e. The van der Waals surface area contributed by atoms with Crippen LogP contribution in [0.15, 0.2) is 42.6 Å². The number of hydrogen-bond donors (Lipinski definition) is 2. The maximum absolute atomic E-state index is 13.8. The van der Waals surface area contributed by atoms with E-state index in [0.717, 1.165) is 38.2 Å². The summed E-state index contributed by atoms with van der Waals surface area (Å²) < 4.78 is 13.8. The molecular weight excluding hydrogens is 343 g/mol. The van der Waals surface area contributed by atoms with Gasteiger partial charge in [0.15, 0.2) is 5.82 Å². The quantitative estimate of drug-likeness (QED) is 0.872. The topological polar surface area (TPSA) is 57.3 Å². The van der Waals surface area contributed by atoms with Gasteiger partial charge in [-0.2, -0.15) is 0 Å². The lowest BCUT2D eigenvalue weighted by Crippen LogP contribution is -2.45. The highest BCUT2D eigenvalue weighted by atomic mass is 35.5. The SMILES string of the molecule is O=C(Nc1cccc(Cl)c1F)NC1CCN(Cc2ccccn2)CC1. The lowest BCUT2D eigenvalue weighted by Gasteiger charge is -2.32. The largest absolute Gasteiger partial charge is 0.335 e. The van der Waals surface area contributed by atoms with Gasteiger partial charge in [-0.05, 0) is 37.1 Å². The van der Waals surface area contributed by atoms with E-state index in [4.69, 9.17) is 11.6 Å². The number of rotatable bonds is 4. The normalized spacial score (nSPS) is 15.8. The van der Waals surface area contributed by atoms with E-state index < -0.39 is 11.8 Å². The summed E-state index contributed by atoms with van der Waals surface area (Å²) in [5.74, 6) is -0.621. The maximum Gasteiger partial charge on any atom is 0.319 e. The predicted molar refractivity (Wildman–Crippen MR) is 96.1 cm³/mol. The Kier molecular flexibility index (Phi) is 5.83. The Hall–Kier alpha value is -2.18. The zero-order chi connectivity index (χ0) is 17.6. The van der Waals surface area contributed by atoms with Crippen molar-refractivity contribution in [2.45, 2.75) is 25.4 Å². The van der Waals surface area contributed by atoms with E-state index in [1.165, 1.54) is 12.1 Å². The van der Waals surface area contributed by atoms with Crippen molar-refractivity contribution in [2.24, 2.45) is 0 Å². The van der Waals surface area contributed by atoms with E-state index in [-0.39, 0.29) is 16.8 Å². The Morgan fingerprint density at radius 1 is 1.24 bits per heavy atom. The summed E-state index contributed by atoms with van der Waals surface area (Å²) in [6, 6.07) is 10.1. The molecule has 7 heteroatoms. The lowest BCUT2D eigenvalue weighted by molar-refractivity contribution is 0.188. The van der Waals surface area contributed by atoms with Crippen molar-refractivity contribution in [1.29, 1.82) is 0 Å². The van der Waals surface area contributed by atoms with E-state index >= 15 is 0 Å². The molecule has 2 aromatic rings. The number of hydrogen-bond acceptors (Lipinski definition) is 3. The fourth-order valence-electron chi connectivity index (χ4n) is 2.90. The molecule has 1 aromatic carbocycles. The van der Waals surface area contributed by atoms with E-state index in [1.807, 2.05) is 18.2 Å². The van der Waals surface area contributed by atoms with Crippen molar-refractivity contribution in [3.63, 3.8) is 0 Å². The van der Waals surface area contributed by atoms with Crippen molar-refractivity contribution >= 4 is 23.3 Å². The van der Waals surface area contributed by atoms with Gasteiger partial charge in [-0.25, -0.2) is 9.18 Å². The molecule has 2 N–H and O–H groups in total. The zero-order valence-electron chi connectivity index (χ0n) is 13.7. The van der Waals surface area contributed by atoms with Gasteiger partial charge >= 0.3 is 6.03 Å². The van der Waals surface area contributed by atoms with Gasteiger partial charge in [0.2, 0.25) is 0 Å². The van der Waals surface area contributed by atoms with Gasteiger partial charge in [-0.15, -0.1) is 0 Å². The molecule has 2 amide bonds. The Balaban J connectivity index is 1.45. The molecule has 1 saturated heterocycles. The molecule has 132 valence electrons. The highest BCUT2D eigenvalue weighted by molar-refractivity contribution is 6.31. The van der Waals surface area contributed by atoms with Crippen LogP contribution in [0.4, 0.5) is 14.9 Å². The third kappa shape index (κ3) is 4.90. The fourth-order valence-corrected chi connectivity index (χ4v) is 3.07. The van der Waals surface area contributed by atoms with Gasteiger partial charge in [0.05, 0.1) is 16.4 Å². The summed E-state index contributed by atoms with van der Waals surface area (Å²) in [4.78, 5) is 18.7. The summed E-state index contributed by atoms with van der Waals surface area (Å²) in [7, 11) is 0. The van der Waals surface area contributed by atoms with E-state index in [0.29, 0.717) is 0 Å². The number of pyridine rings is 1. The minimum absolute atomic E-state index is 0.0133. The first-order chi connectivity index (χ1) is 12.1. The minimum atomic E-state index is -0.621. The monoisotopic (exact) mass is 362 g/mol. The van der Waals surface area contributed by atoms with Crippen molar-refractivity contribution in [3.8, 4) is 0 Å². The predicted octanol–water partition coefficient (Wildman–Crippen LogP) is 3.66. The molecule has 2 heterocycles. The number of benzene rings is 1. The van der Waals surface area contributed by atoms with E-state index in [2.05, 4.69) is 20.5 Å². The molecule has 3 rings (SSSR count). The van der Waals surface area contributed by atoms with Gasteiger partial charge in [-0.1, -0.05) is 23.7 Å². The number of amides is 2. The van der Waals surface area contributed by atoms with Crippen LogP contribution in [-0.2, 0) is 6.54 Å². The number of halogens is 2. The molecule has 1 aliphatic heterocycles. The zero-order valence-corrected chi connectivity index (χ0v) is 14.5. The van der Waals surface area contributed by atoms with Gasteiger partial charge in [0.25, 0.3) is 0 Å². The Bertz CT molecular complexity index is 720. The second-order valence-electron chi connectivity index (χ2n) is 6.07. The average molecular weight is 363 g/mol. The van der Waals surface area contributed by atoms with Crippen LogP contribution in [0.5, 0.6) is 0 Å². The molecule has 25 heavy (non-hydrogen) atoms. The summed E-state index contributed by atoms with van der Waals surface area (Å²) >= 11 is 5.71. The van der Waals surface area contributed by atoms with Crippen LogP contribution in [0, 0.1) is 5.82 Å². The summed E-state index contributed by atoms with van der Waals surface area (Å²) in [5, 5.41) is 5.40. The molecule has 1 aliphatic rings. The third-order valence-electron chi connectivity index (χ3n) is 4.23. The first kappa shape index (κ1) is 17.6. The molecule has 0 radical (unpaired) electrons. The molecule has 0 atom stereocenters. The van der Waals surface area contributed by atoms with Crippen LogP contribution in [0.2, 0.25) is 5.02 Å². The average Bonchev–Trinajstić information content (AvgIpc) is 2.62. The highest BCUT2D eigenvalue weighted by Crippen LogP contribution is 2.22. The summed E-state index contributed by atoms with van der Waals surface area (Å²) in [6.45, 7) is 2.58. The van der Waals surface area contributed by atoms with Gasteiger partial charge < -0.3 is 10.6 Å². The second-order valence-corrected chi connectivity index (χ2v) is 6.48. The molecular formula is C18H20ClFN4O. The van der Waals surface area contributed by atoms with Crippen molar-refractivity contribution in [1.82, 2.24) is 15.2 Å². The maximum atomic E-state index is 13.8. The number of likely N-dealkylation sites (tertiary alicyclic amines) is 1. The number of piperidine rings is 1. The molecule has 5 nitrogen and oxygen atoms in total. The molecule has 0 bridgehead atoms. The molecule has 0 saturated carbocycles. The van der Waals surface area contributed by atoms with Crippen molar-refractivity contribution in [2.75, 3.05) is 18.4 Å². The van der Waals surface area contributed by atoms with E-state index in [9.17, 15) is 9.18 Å². The van der Waals surface area contributed by atoms with E-state index in [1.54, 1.807) is 12.3 Å².